The minimum absolute atomic E-state index is 0.605. The molecule has 0 radical (unpaired) electrons. The first-order valence-electron chi connectivity index (χ1n) is 6.21. The van der Waals surface area contributed by atoms with Crippen molar-refractivity contribution < 1.29 is 9.47 Å². The van der Waals surface area contributed by atoms with E-state index in [1.165, 1.54) is 19.3 Å². The fraction of sp³-hybridized carbons (Fsp3) is 1.00. The van der Waals surface area contributed by atoms with Gasteiger partial charge >= 0.3 is 0 Å². The molecule has 1 fully saturated rings. The molecule has 1 saturated heterocycles. The molecule has 90 valence electrons. The minimum Gasteiger partial charge on any atom is -0.381 e. The predicted molar refractivity (Wildman–Crippen MR) is 62.1 cm³/mol. The van der Waals surface area contributed by atoms with Crippen molar-refractivity contribution in [3.05, 3.63) is 0 Å². The van der Waals surface area contributed by atoms with Crippen LogP contribution in [0.25, 0.3) is 0 Å². The van der Waals surface area contributed by atoms with Crippen molar-refractivity contribution in [2.75, 3.05) is 33.0 Å². The summed E-state index contributed by atoms with van der Waals surface area (Å²) < 4.78 is 10.6. The van der Waals surface area contributed by atoms with Crippen LogP contribution in [0.4, 0.5) is 0 Å². The van der Waals surface area contributed by atoms with Crippen LogP contribution in [0.5, 0.6) is 0 Å². The van der Waals surface area contributed by atoms with E-state index in [0.717, 1.165) is 38.9 Å². The molecule has 0 aromatic heterocycles. The first-order valence-corrected chi connectivity index (χ1v) is 6.21. The van der Waals surface area contributed by atoms with Crippen molar-refractivity contribution in [3.63, 3.8) is 0 Å². The van der Waals surface area contributed by atoms with Gasteiger partial charge in [-0.15, -0.1) is 0 Å². The maximum Gasteiger partial charge on any atom is 0.0590 e. The molecule has 1 atom stereocenters. The lowest BCUT2D eigenvalue weighted by Gasteiger charge is -2.25. The van der Waals surface area contributed by atoms with Crippen molar-refractivity contribution in [1.29, 1.82) is 0 Å². The van der Waals surface area contributed by atoms with E-state index in [1.807, 2.05) is 6.92 Å². The average molecular weight is 215 g/mol. The molecule has 0 amide bonds. The van der Waals surface area contributed by atoms with Gasteiger partial charge in [-0.2, -0.15) is 0 Å². The van der Waals surface area contributed by atoms with Crippen LogP contribution in [0.3, 0.4) is 0 Å². The van der Waals surface area contributed by atoms with E-state index >= 15 is 0 Å². The van der Waals surface area contributed by atoms with Gasteiger partial charge in [-0.1, -0.05) is 0 Å². The Balaban J connectivity index is 1.98. The summed E-state index contributed by atoms with van der Waals surface area (Å²) in [4.78, 5) is 0. The van der Waals surface area contributed by atoms with Crippen molar-refractivity contribution in [1.82, 2.24) is 5.32 Å². The molecule has 1 N–H and O–H groups in total. The maximum absolute atomic E-state index is 5.35. The third-order valence-corrected chi connectivity index (χ3v) is 2.97. The molecule has 1 aliphatic rings. The normalized spacial score (nSPS) is 20.4. The van der Waals surface area contributed by atoms with Gasteiger partial charge in [0.15, 0.2) is 0 Å². The van der Waals surface area contributed by atoms with Gasteiger partial charge in [-0.3, -0.25) is 0 Å². The van der Waals surface area contributed by atoms with E-state index in [9.17, 15) is 0 Å². The van der Waals surface area contributed by atoms with Crippen LogP contribution >= 0.6 is 0 Å². The highest BCUT2D eigenvalue weighted by Crippen LogP contribution is 2.19. The molecule has 0 aliphatic carbocycles. The molecule has 1 rings (SSSR count). The summed E-state index contributed by atoms with van der Waals surface area (Å²) in [5.41, 5.74) is 0. The molecule has 0 bridgehead atoms. The fourth-order valence-corrected chi connectivity index (χ4v) is 2.09. The highest BCUT2D eigenvalue weighted by molar-refractivity contribution is 4.70. The standard InChI is InChI=1S/C12H25NO2/c1-3-14-9-6-13-11(2)10-12-4-7-15-8-5-12/h11-13H,3-10H2,1-2H3. The van der Waals surface area contributed by atoms with Crippen LogP contribution in [0.2, 0.25) is 0 Å². The highest BCUT2D eigenvalue weighted by atomic mass is 16.5. The summed E-state index contributed by atoms with van der Waals surface area (Å²) in [6.07, 6.45) is 3.74. The Morgan fingerprint density at radius 1 is 1.40 bits per heavy atom. The van der Waals surface area contributed by atoms with Gasteiger partial charge < -0.3 is 14.8 Å². The second kappa shape index (κ2) is 8.08. The van der Waals surface area contributed by atoms with Gasteiger partial charge in [-0.25, -0.2) is 0 Å². The van der Waals surface area contributed by atoms with Gasteiger partial charge in [0.1, 0.15) is 0 Å². The number of hydrogen-bond acceptors (Lipinski definition) is 3. The zero-order valence-electron chi connectivity index (χ0n) is 10.1. The molecular weight excluding hydrogens is 190 g/mol. The van der Waals surface area contributed by atoms with E-state index < -0.39 is 0 Å². The summed E-state index contributed by atoms with van der Waals surface area (Å²) in [6.45, 7) is 8.82. The first kappa shape index (κ1) is 12.9. The molecule has 3 nitrogen and oxygen atoms in total. The Morgan fingerprint density at radius 3 is 2.80 bits per heavy atom. The summed E-state index contributed by atoms with van der Waals surface area (Å²) in [5.74, 6) is 0.855. The summed E-state index contributed by atoms with van der Waals surface area (Å²) >= 11 is 0. The zero-order chi connectivity index (χ0) is 10.9. The van der Waals surface area contributed by atoms with Crippen LogP contribution in [-0.4, -0.2) is 39.0 Å². The van der Waals surface area contributed by atoms with Crippen LogP contribution in [0.15, 0.2) is 0 Å². The van der Waals surface area contributed by atoms with Crippen LogP contribution in [0.1, 0.15) is 33.1 Å². The fourth-order valence-electron chi connectivity index (χ4n) is 2.09. The van der Waals surface area contributed by atoms with Gasteiger partial charge in [0.25, 0.3) is 0 Å². The zero-order valence-corrected chi connectivity index (χ0v) is 10.1. The lowest BCUT2D eigenvalue weighted by Crippen LogP contribution is -2.32. The van der Waals surface area contributed by atoms with E-state index in [4.69, 9.17) is 9.47 Å². The number of rotatable bonds is 7. The van der Waals surface area contributed by atoms with E-state index in [0.29, 0.717) is 6.04 Å². The Hall–Kier alpha value is -0.120. The molecule has 0 aromatic rings. The number of ether oxygens (including phenoxy) is 2. The summed E-state index contributed by atoms with van der Waals surface area (Å²) in [5, 5.41) is 3.50. The van der Waals surface area contributed by atoms with E-state index in [1.54, 1.807) is 0 Å². The van der Waals surface area contributed by atoms with Gasteiger partial charge in [0.05, 0.1) is 6.61 Å². The Labute approximate surface area is 93.5 Å². The molecule has 1 heterocycles. The van der Waals surface area contributed by atoms with Crippen LogP contribution in [-0.2, 0) is 9.47 Å². The minimum atomic E-state index is 0.605. The van der Waals surface area contributed by atoms with Gasteiger partial charge in [-0.05, 0) is 39.0 Å². The Morgan fingerprint density at radius 2 is 2.13 bits per heavy atom. The Kier molecular flexibility index (Phi) is 6.98. The summed E-state index contributed by atoms with van der Waals surface area (Å²) in [7, 11) is 0. The topological polar surface area (TPSA) is 30.5 Å². The molecule has 1 aliphatic heterocycles. The second-order valence-corrected chi connectivity index (χ2v) is 4.34. The van der Waals surface area contributed by atoms with Crippen molar-refractivity contribution >= 4 is 0 Å². The quantitative estimate of drug-likeness (QED) is 0.657. The lowest BCUT2D eigenvalue weighted by atomic mass is 9.93. The molecule has 0 saturated carbocycles. The SMILES string of the molecule is CCOCCNC(C)CC1CCOCC1. The van der Waals surface area contributed by atoms with E-state index in [2.05, 4.69) is 12.2 Å². The molecule has 3 heteroatoms. The number of hydrogen-bond donors (Lipinski definition) is 1. The molecular formula is C12H25NO2. The molecule has 0 spiro atoms. The smallest absolute Gasteiger partial charge is 0.0590 e. The first-order chi connectivity index (χ1) is 7.33. The molecule has 0 aromatic carbocycles. The highest BCUT2D eigenvalue weighted by Gasteiger charge is 2.16. The lowest BCUT2D eigenvalue weighted by molar-refractivity contribution is 0.0607. The number of nitrogens with one attached hydrogen (secondary N) is 1. The predicted octanol–water partition coefficient (Wildman–Crippen LogP) is 1.82. The Bertz CT molecular complexity index is 147. The third kappa shape index (κ3) is 6.13. The van der Waals surface area contributed by atoms with Gasteiger partial charge in [0, 0.05) is 32.4 Å². The van der Waals surface area contributed by atoms with Gasteiger partial charge in [0.2, 0.25) is 0 Å². The maximum atomic E-state index is 5.35. The van der Waals surface area contributed by atoms with E-state index in [-0.39, 0.29) is 0 Å². The monoisotopic (exact) mass is 215 g/mol. The van der Waals surface area contributed by atoms with Crippen LogP contribution < -0.4 is 5.32 Å². The van der Waals surface area contributed by atoms with Crippen LogP contribution in [0, 0.1) is 5.92 Å². The second-order valence-electron chi connectivity index (χ2n) is 4.34. The van der Waals surface area contributed by atoms with Crippen molar-refractivity contribution in [2.24, 2.45) is 5.92 Å². The largest absolute Gasteiger partial charge is 0.381 e. The molecule has 15 heavy (non-hydrogen) atoms. The third-order valence-electron chi connectivity index (χ3n) is 2.97. The molecule has 1 unspecified atom stereocenters. The van der Waals surface area contributed by atoms with Crippen molar-refractivity contribution in [3.8, 4) is 0 Å². The van der Waals surface area contributed by atoms with Crippen molar-refractivity contribution in [2.45, 2.75) is 39.2 Å². The summed E-state index contributed by atoms with van der Waals surface area (Å²) in [6, 6.07) is 0.605. The average Bonchev–Trinajstić information content (AvgIpc) is 2.26.